The molecule has 0 fully saturated rings. The zero-order chi connectivity index (χ0) is 13.2. The summed E-state index contributed by atoms with van der Waals surface area (Å²) in [5.41, 5.74) is 7.38. The number of rotatable bonds is 4. The molecule has 0 amide bonds. The van der Waals surface area contributed by atoms with Crippen LogP contribution in [0.3, 0.4) is 0 Å². The van der Waals surface area contributed by atoms with Crippen molar-refractivity contribution in [1.29, 1.82) is 0 Å². The van der Waals surface area contributed by atoms with Crippen molar-refractivity contribution in [3.8, 4) is 11.1 Å². The molecule has 1 aliphatic carbocycles. The summed E-state index contributed by atoms with van der Waals surface area (Å²) in [5, 5.41) is 0. The van der Waals surface area contributed by atoms with Gasteiger partial charge in [-0.25, -0.2) is 0 Å². The molecule has 98 valence electrons. The third-order valence-electron chi connectivity index (χ3n) is 4.19. The quantitative estimate of drug-likeness (QED) is 0.675. The van der Waals surface area contributed by atoms with Crippen molar-refractivity contribution in [2.24, 2.45) is 0 Å². The van der Waals surface area contributed by atoms with Gasteiger partial charge in [0.2, 0.25) is 0 Å². The smallest absolute Gasteiger partial charge is 0.0239 e. The molecule has 0 atom stereocenters. The summed E-state index contributed by atoms with van der Waals surface area (Å²) in [6.45, 7) is 7.76. The molecular formula is C18H21N. The zero-order valence-corrected chi connectivity index (χ0v) is 11.8. The number of nitrogens with zero attached hydrogens (tertiary/aromatic N) is 1. The second kappa shape index (κ2) is 5.18. The molecule has 19 heavy (non-hydrogen) atoms. The monoisotopic (exact) mass is 251 g/mol. The van der Waals surface area contributed by atoms with E-state index in [1.54, 1.807) is 0 Å². The summed E-state index contributed by atoms with van der Waals surface area (Å²) in [4.78, 5) is 2.48. The first-order valence-electron chi connectivity index (χ1n) is 7.24. The van der Waals surface area contributed by atoms with Crippen LogP contribution < -0.4 is 0 Å². The van der Waals surface area contributed by atoms with E-state index in [2.05, 4.69) is 61.2 Å². The van der Waals surface area contributed by atoms with Gasteiger partial charge in [-0.05, 0) is 47.3 Å². The van der Waals surface area contributed by atoms with E-state index >= 15 is 0 Å². The Kier molecular flexibility index (Phi) is 3.39. The van der Waals surface area contributed by atoms with Gasteiger partial charge >= 0.3 is 0 Å². The van der Waals surface area contributed by atoms with E-state index in [0.717, 1.165) is 26.1 Å². The first-order chi connectivity index (χ1) is 9.33. The highest BCUT2D eigenvalue weighted by Gasteiger charge is 2.20. The van der Waals surface area contributed by atoms with Crippen molar-refractivity contribution in [3.63, 3.8) is 0 Å². The first-order valence-corrected chi connectivity index (χ1v) is 7.24. The van der Waals surface area contributed by atoms with Crippen LogP contribution in [0.5, 0.6) is 0 Å². The Bertz CT molecular complexity index is 582. The summed E-state index contributed by atoms with van der Waals surface area (Å²) in [6.07, 6.45) is 1.09. The molecule has 0 unspecified atom stereocenters. The van der Waals surface area contributed by atoms with Crippen LogP contribution in [0.25, 0.3) is 11.1 Å². The highest BCUT2D eigenvalue weighted by molar-refractivity contribution is 5.79. The Hall–Kier alpha value is -1.60. The third-order valence-corrected chi connectivity index (χ3v) is 4.19. The van der Waals surface area contributed by atoms with E-state index in [1.165, 1.54) is 27.8 Å². The van der Waals surface area contributed by atoms with Gasteiger partial charge in [0.25, 0.3) is 0 Å². The van der Waals surface area contributed by atoms with Gasteiger partial charge in [-0.2, -0.15) is 0 Å². The van der Waals surface area contributed by atoms with E-state index in [4.69, 9.17) is 0 Å². The molecule has 0 saturated heterocycles. The molecule has 2 aromatic carbocycles. The maximum atomic E-state index is 2.48. The molecule has 3 rings (SSSR count). The van der Waals surface area contributed by atoms with Gasteiger partial charge in [-0.15, -0.1) is 0 Å². The van der Waals surface area contributed by atoms with Gasteiger partial charge < -0.3 is 0 Å². The van der Waals surface area contributed by atoms with Crippen molar-refractivity contribution >= 4 is 0 Å². The highest BCUT2D eigenvalue weighted by Crippen LogP contribution is 2.39. The van der Waals surface area contributed by atoms with E-state index in [9.17, 15) is 0 Å². The van der Waals surface area contributed by atoms with E-state index < -0.39 is 0 Å². The van der Waals surface area contributed by atoms with Gasteiger partial charge in [0.1, 0.15) is 0 Å². The van der Waals surface area contributed by atoms with Crippen LogP contribution in [0.15, 0.2) is 42.5 Å². The molecule has 0 N–H and O–H groups in total. The van der Waals surface area contributed by atoms with Crippen molar-refractivity contribution in [1.82, 2.24) is 4.90 Å². The number of fused-ring (bicyclic) bond motifs is 3. The molecule has 0 radical (unpaired) electrons. The average molecular weight is 251 g/mol. The second-order valence-corrected chi connectivity index (χ2v) is 5.25. The summed E-state index contributed by atoms with van der Waals surface area (Å²) in [5.74, 6) is 0. The van der Waals surface area contributed by atoms with Crippen molar-refractivity contribution in [3.05, 3.63) is 59.2 Å². The molecule has 0 saturated carbocycles. The van der Waals surface area contributed by atoms with Gasteiger partial charge in [-0.3, -0.25) is 4.90 Å². The molecule has 0 aliphatic heterocycles. The van der Waals surface area contributed by atoms with Crippen LogP contribution in [0.2, 0.25) is 0 Å². The van der Waals surface area contributed by atoms with Gasteiger partial charge in [0, 0.05) is 6.54 Å². The van der Waals surface area contributed by atoms with Gasteiger partial charge in [0.15, 0.2) is 0 Å². The van der Waals surface area contributed by atoms with Crippen LogP contribution in [0.4, 0.5) is 0 Å². The molecule has 1 heteroatoms. The Morgan fingerprint density at radius 1 is 0.895 bits per heavy atom. The summed E-state index contributed by atoms with van der Waals surface area (Å²) >= 11 is 0. The topological polar surface area (TPSA) is 3.24 Å². The maximum absolute atomic E-state index is 2.48. The Morgan fingerprint density at radius 3 is 2.42 bits per heavy atom. The zero-order valence-electron chi connectivity index (χ0n) is 11.8. The lowest BCUT2D eigenvalue weighted by atomic mass is 9.99. The molecular weight excluding hydrogens is 230 g/mol. The summed E-state index contributed by atoms with van der Waals surface area (Å²) in [7, 11) is 0. The van der Waals surface area contributed by atoms with Crippen LogP contribution in [-0.4, -0.2) is 18.0 Å². The fourth-order valence-electron chi connectivity index (χ4n) is 3.09. The summed E-state index contributed by atoms with van der Waals surface area (Å²) < 4.78 is 0. The predicted octanol–water partition coefficient (Wildman–Crippen LogP) is 4.10. The van der Waals surface area contributed by atoms with Crippen molar-refractivity contribution in [2.75, 3.05) is 13.1 Å². The fraction of sp³-hybridized carbons (Fsp3) is 0.333. The van der Waals surface area contributed by atoms with E-state index in [1.807, 2.05) is 0 Å². The van der Waals surface area contributed by atoms with Crippen LogP contribution in [0, 0.1) is 0 Å². The molecule has 0 bridgehead atoms. The second-order valence-electron chi connectivity index (χ2n) is 5.25. The first kappa shape index (κ1) is 12.4. The number of hydrogen-bond donors (Lipinski definition) is 0. The molecule has 1 nitrogen and oxygen atoms in total. The number of hydrogen-bond acceptors (Lipinski definition) is 1. The molecule has 2 aromatic rings. The lowest BCUT2D eigenvalue weighted by Crippen LogP contribution is -2.22. The lowest BCUT2D eigenvalue weighted by Gasteiger charge is -2.20. The molecule has 1 aliphatic rings. The van der Waals surface area contributed by atoms with Crippen LogP contribution in [0.1, 0.15) is 30.5 Å². The number of benzene rings is 2. The minimum absolute atomic E-state index is 1.06. The van der Waals surface area contributed by atoms with Gasteiger partial charge in [0.05, 0.1) is 0 Å². The Morgan fingerprint density at radius 2 is 1.63 bits per heavy atom. The molecule has 0 heterocycles. The molecule has 0 spiro atoms. The SMILES string of the molecule is CCN(CC)Cc1cccc2c1-c1ccccc1C2. The third kappa shape index (κ3) is 2.19. The maximum Gasteiger partial charge on any atom is 0.0239 e. The van der Waals surface area contributed by atoms with E-state index in [0.29, 0.717) is 0 Å². The minimum Gasteiger partial charge on any atom is -0.300 e. The average Bonchev–Trinajstić information content (AvgIpc) is 2.84. The van der Waals surface area contributed by atoms with Crippen molar-refractivity contribution in [2.45, 2.75) is 26.8 Å². The van der Waals surface area contributed by atoms with Crippen LogP contribution in [-0.2, 0) is 13.0 Å². The Balaban J connectivity index is 2.04. The lowest BCUT2D eigenvalue weighted by molar-refractivity contribution is 0.296. The highest BCUT2D eigenvalue weighted by atomic mass is 15.1. The largest absolute Gasteiger partial charge is 0.300 e. The Labute approximate surface area is 115 Å². The summed E-state index contributed by atoms with van der Waals surface area (Å²) in [6, 6.07) is 15.6. The van der Waals surface area contributed by atoms with Gasteiger partial charge in [-0.1, -0.05) is 56.3 Å². The normalized spacial score (nSPS) is 12.6. The van der Waals surface area contributed by atoms with E-state index in [-0.39, 0.29) is 0 Å². The predicted molar refractivity (Wildman–Crippen MR) is 81.3 cm³/mol. The van der Waals surface area contributed by atoms with Crippen LogP contribution >= 0.6 is 0 Å². The van der Waals surface area contributed by atoms with Crippen molar-refractivity contribution < 1.29 is 0 Å². The minimum atomic E-state index is 1.06. The molecule has 0 aromatic heterocycles. The standard InChI is InChI=1S/C18H21N/c1-3-19(4-2)13-16-10-7-9-15-12-14-8-5-6-11-17(14)18(15)16/h5-11H,3-4,12-13H2,1-2H3. The fourth-order valence-corrected chi connectivity index (χ4v) is 3.09.